The molecule has 2 aromatic carbocycles. The molecule has 0 bridgehead atoms. The van der Waals surface area contributed by atoms with Gasteiger partial charge in [0.15, 0.2) is 5.78 Å². The first-order valence-electron chi connectivity index (χ1n) is 11.3. The zero-order valence-electron chi connectivity index (χ0n) is 20.6. The molecule has 0 spiro atoms. The van der Waals surface area contributed by atoms with Crippen LogP contribution in [0.25, 0.3) is 0 Å². The molecule has 0 radical (unpaired) electrons. The fourth-order valence-corrected chi connectivity index (χ4v) is 3.60. The first-order valence-corrected chi connectivity index (χ1v) is 11.3. The van der Waals surface area contributed by atoms with Gasteiger partial charge >= 0.3 is 0 Å². The summed E-state index contributed by atoms with van der Waals surface area (Å²) in [6.07, 6.45) is 9.75. The van der Waals surface area contributed by atoms with Crippen molar-refractivity contribution in [2.45, 2.75) is 53.9 Å². The molecule has 174 valence electrons. The lowest BCUT2D eigenvalue weighted by molar-refractivity contribution is 0.101. The highest BCUT2D eigenvalue weighted by molar-refractivity contribution is 6.08. The van der Waals surface area contributed by atoms with Gasteiger partial charge in [0.25, 0.3) is 0 Å². The number of benzene rings is 2. The fraction of sp³-hybridized carbons (Fsp3) is 0.267. The van der Waals surface area contributed by atoms with Crippen molar-refractivity contribution >= 4 is 11.5 Å². The van der Waals surface area contributed by atoms with Gasteiger partial charge < -0.3 is 5.41 Å². The molecule has 0 saturated heterocycles. The van der Waals surface area contributed by atoms with E-state index in [1.54, 1.807) is 25.1 Å². The third-order valence-electron chi connectivity index (χ3n) is 5.40. The highest BCUT2D eigenvalue weighted by atomic mass is 19.1. The summed E-state index contributed by atoms with van der Waals surface area (Å²) in [7, 11) is 0. The van der Waals surface area contributed by atoms with E-state index in [1.807, 2.05) is 57.2 Å². The van der Waals surface area contributed by atoms with Crippen LogP contribution in [0.5, 0.6) is 0 Å². The SMILES string of the molecule is C=C/C=C(C=C)/C(=C/C(=N)c1cc(F)cc(CC)c1C)CCC.CC(=O)c1ccccc1C. The van der Waals surface area contributed by atoms with Crippen LogP contribution in [0.15, 0.2) is 85.0 Å². The van der Waals surface area contributed by atoms with Crippen molar-refractivity contribution in [1.29, 1.82) is 5.41 Å². The smallest absolute Gasteiger partial charge is 0.160 e. The third-order valence-corrected chi connectivity index (χ3v) is 5.40. The Balaban J connectivity index is 0.000000451. The van der Waals surface area contributed by atoms with Crippen molar-refractivity contribution in [2.24, 2.45) is 0 Å². The van der Waals surface area contributed by atoms with E-state index in [1.165, 1.54) is 6.07 Å². The molecule has 33 heavy (non-hydrogen) atoms. The molecular weight excluding hydrogens is 409 g/mol. The molecule has 1 N–H and O–H groups in total. The molecule has 0 unspecified atom stereocenters. The van der Waals surface area contributed by atoms with E-state index in [0.29, 0.717) is 11.3 Å². The average molecular weight is 446 g/mol. The number of halogens is 1. The molecule has 3 heteroatoms. The quantitative estimate of drug-likeness (QED) is 0.235. The number of Topliss-reactive ketones (excluding diaryl/α,β-unsaturated/α-hetero) is 1. The van der Waals surface area contributed by atoms with Crippen molar-refractivity contribution in [2.75, 3.05) is 0 Å². The Morgan fingerprint density at radius 2 is 1.76 bits per heavy atom. The second-order valence-electron chi connectivity index (χ2n) is 7.86. The molecule has 0 aliphatic rings. The number of allylic oxidation sites excluding steroid dienone is 6. The van der Waals surface area contributed by atoms with Crippen molar-refractivity contribution in [1.82, 2.24) is 0 Å². The maximum Gasteiger partial charge on any atom is 0.160 e. The number of aryl methyl sites for hydroxylation is 2. The first kappa shape index (κ1) is 27.7. The number of ketones is 1. The standard InChI is InChI=1S/C21H26FN.C9H10O/c1-6-10-16(8-3)18(11-7-2)13-21(23)20-14-19(22)12-17(9-4)15(20)5;1-7-5-3-4-6-9(7)8(2)10/h6,8,10,12-14,23H,1,3,7,9,11H2,2,4-5H3;3-6H,1-2H3/b16-10+,18-13+,23-21?;. The summed E-state index contributed by atoms with van der Waals surface area (Å²) in [4.78, 5) is 10.9. The predicted octanol–water partition coefficient (Wildman–Crippen LogP) is 8.29. The number of hydrogen-bond donors (Lipinski definition) is 1. The highest BCUT2D eigenvalue weighted by Gasteiger charge is 2.11. The minimum Gasteiger partial charge on any atom is -0.300 e. The van der Waals surface area contributed by atoms with Crippen molar-refractivity contribution < 1.29 is 9.18 Å². The van der Waals surface area contributed by atoms with Gasteiger partial charge in [-0.3, -0.25) is 4.79 Å². The van der Waals surface area contributed by atoms with Crippen molar-refractivity contribution in [3.05, 3.63) is 119 Å². The Morgan fingerprint density at radius 1 is 1.09 bits per heavy atom. The summed E-state index contributed by atoms with van der Waals surface area (Å²) >= 11 is 0. The lowest BCUT2D eigenvalue weighted by Gasteiger charge is -2.12. The second kappa shape index (κ2) is 13.9. The van der Waals surface area contributed by atoms with E-state index in [-0.39, 0.29) is 11.6 Å². The molecule has 0 saturated carbocycles. The van der Waals surface area contributed by atoms with Crippen LogP contribution in [0.3, 0.4) is 0 Å². The Morgan fingerprint density at radius 3 is 2.24 bits per heavy atom. The monoisotopic (exact) mass is 445 g/mol. The Bertz CT molecular complexity index is 1070. The zero-order chi connectivity index (χ0) is 25.0. The Hall–Kier alpha value is -3.33. The second-order valence-corrected chi connectivity index (χ2v) is 7.86. The van der Waals surface area contributed by atoms with Crippen molar-refractivity contribution in [3.63, 3.8) is 0 Å². The van der Waals surface area contributed by atoms with E-state index in [9.17, 15) is 9.18 Å². The van der Waals surface area contributed by atoms with Crippen LogP contribution in [0, 0.1) is 25.1 Å². The fourth-order valence-electron chi connectivity index (χ4n) is 3.60. The molecule has 0 aliphatic heterocycles. The van der Waals surface area contributed by atoms with Gasteiger partial charge in [-0.25, -0.2) is 4.39 Å². The molecule has 2 rings (SSSR count). The number of nitrogens with one attached hydrogen (secondary N) is 1. The topological polar surface area (TPSA) is 40.9 Å². The normalized spacial score (nSPS) is 11.3. The summed E-state index contributed by atoms with van der Waals surface area (Å²) < 4.78 is 13.8. The Labute approximate surface area is 198 Å². The van der Waals surface area contributed by atoms with Crippen LogP contribution in [0.1, 0.15) is 66.2 Å². The number of carbonyl (C=O) groups excluding carboxylic acids is 1. The van der Waals surface area contributed by atoms with E-state index >= 15 is 0 Å². The summed E-state index contributed by atoms with van der Waals surface area (Å²) in [6.45, 7) is 17.1. The van der Waals surface area contributed by atoms with Gasteiger partial charge in [0.2, 0.25) is 0 Å². The van der Waals surface area contributed by atoms with Crippen LogP contribution in [-0.2, 0) is 6.42 Å². The van der Waals surface area contributed by atoms with Crippen LogP contribution < -0.4 is 0 Å². The van der Waals surface area contributed by atoms with E-state index in [4.69, 9.17) is 5.41 Å². The number of rotatable bonds is 9. The number of carbonyl (C=O) groups is 1. The van der Waals surface area contributed by atoms with Gasteiger partial charge in [-0.1, -0.05) is 75.9 Å². The van der Waals surface area contributed by atoms with E-state index in [0.717, 1.165) is 52.7 Å². The molecule has 0 amide bonds. The van der Waals surface area contributed by atoms with Crippen LogP contribution in [0.4, 0.5) is 4.39 Å². The first-order chi connectivity index (χ1) is 15.7. The molecule has 0 fully saturated rings. The molecule has 0 atom stereocenters. The molecule has 0 heterocycles. The zero-order valence-corrected chi connectivity index (χ0v) is 20.6. The van der Waals surface area contributed by atoms with Gasteiger partial charge in [-0.15, -0.1) is 0 Å². The predicted molar refractivity (Wildman–Crippen MR) is 140 cm³/mol. The minimum atomic E-state index is -0.289. The van der Waals surface area contributed by atoms with E-state index < -0.39 is 0 Å². The number of hydrogen-bond acceptors (Lipinski definition) is 2. The minimum absolute atomic E-state index is 0.137. The van der Waals surface area contributed by atoms with Crippen molar-refractivity contribution in [3.8, 4) is 0 Å². The van der Waals surface area contributed by atoms with Gasteiger partial charge in [0.05, 0.1) is 5.71 Å². The third kappa shape index (κ3) is 8.27. The lowest BCUT2D eigenvalue weighted by atomic mass is 9.93. The lowest BCUT2D eigenvalue weighted by Crippen LogP contribution is -2.04. The molecule has 0 aromatic heterocycles. The van der Waals surface area contributed by atoms with Gasteiger partial charge in [0.1, 0.15) is 5.82 Å². The molecule has 0 aliphatic carbocycles. The van der Waals surface area contributed by atoms with Crippen LogP contribution >= 0.6 is 0 Å². The maximum atomic E-state index is 13.8. The van der Waals surface area contributed by atoms with Crippen LogP contribution in [0.2, 0.25) is 0 Å². The maximum absolute atomic E-state index is 13.8. The molecule has 2 nitrogen and oxygen atoms in total. The highest BCUT2D eigenvalue weighted by Crippen LogP contribution is 2.22. The summed E-state index contributed by atoms with van der Waals surface area (Å²) in [5.41, 5.74) is 6.75. The largest absolute Gasteiger partial charge is 0.300 e. The molecular formula is C30H36FNO. The van der Waals surface area contributed by atoms with Gasteiger partial charge in [-0.05, 0) is 79.7 Å². The van der Waals surface area contributed by atoms with Crippen LogP contribution in [-0.4, -0.2) is 11.5 Å². The summed E-state index contributed by atoms with van der Waals surface area (Å²) in [6, 6.07) is 10.6. The average Bonchev–Trinajstić information content (AvgIpc) is 2.79. The van der Waals surface area contributed by atoms with Gasteiger partial charge in [-0.2, -0.15) is 0 Å². The summed E-state index contributed by atoms with van der Waals surface area (Å²) in [5.74, 6) is -0.152. The Kier molecular flexibility index (Phi) is 11.7. The summed E-state index contributed by atoms with van der Waals surface area (Å²) in [5, 5.41) is 8.42. The van der Waals surface area contributed by atoms with Gasteiger partial charge in [0, 0.05) is 11.1 Å². The molecule has 2 aromatic rings. The van der Waals surface area contributed by atoms with E-state index in [2.05, 4.69) is 20.1 Å².